The van der Waals surface area contributed by atoms with Crippen molar-refractivity contribution in [2.24, 2.45) is 0 Å². The molecule has 0 amide bonds. The van der Waals surface area contributed by atoms with Crippen LogP contribution in [-0.2, 0) is 0 Å². The maximum absolute atomic E-state index is 5.96. The van der Waals surface area contributed by atoms with Crippen LogP contribution in [0.2, 0.25) is 15.1 Å². The quantitative estimate of drug-likeness (QED) is 0.624. The van der Waals surface area contributed by atoms with Crippen molar-refractivity contribution in [2.75, 3.05) is 5.32 Å². The molecular formula is C13H9Cl4N3. The van der Waals surface area contributed by atoms with Gasteiger partial charge in [0.25, 0.3) is 0 Å². The van der Waals surface area contributed by atoms with Crippen LogP contribution in [0.1, 0.15) is 0 Å². The molecule has 0 unspecified atom stereocenters. The first-order valence-corrected chi connectivity index (χ1v) is 6.62. The maximum Gasteiger partial charge on any atom is 0.205 e. The van der Waals surface area contributed by atoms with E-state index in [1.54, 1.807) is 24.3 Å². The van der Waals surface area contributed by atoms with E-state index in [1.165, 1.54) is 0 Å². The van der Waals surface area contributed by atoms with Crippen LogP contribution >= 0.6 is 47.2 Å². The third kappa shape index (κ3) is 3.13. The van der Waals surface area contributed by atoms with Crippen molar-refractivity contribution in [1.29, 1.82) is 0 Å². The number of rotatable bonds is 2. The van der Waals surface area contributed by atoms with Gasteiger partial charge < -0.3 is 10.3 Å². The van der Waals surface area contributed by atoms with Crippen LogP contribution in [0.5, 0.6) is 0 Å². The van der Waals surface area contributed by atoms with Gasteiger partial charge in [-0.05, 0) is 36.4 Å². The Morgan fingerprint density at radius 3 is 2.30 bits per heavy atom. The van der Waals surface area contributed by atoms with Gasteiger partial charge in [-0.25, -0.2) is 4.98 Å². The first kappa shape index (κ1) is 15.3. The van der Waals surface area contributed by atoms with Crippen molar-refractivity contribution in [3.05, 3.63) is 51.5 Å². The predicted molar refractivity (Wildman–Crippen MR) is 88.1 cm³/mol. The van der Waals surface area contributed by atoms with Crippen molar-refractivity contribution in [3.8, 4) is 0 Å². The van der Waals surface area contributed by atoms with E-state index < -0.39 is 0 Å². The molecule has 0 saturated carbocycles. The number of fused-ring (bicyclic) bond motifs is 1. The molecule has 3 nitrogen and oxygen atoms in total. The minimum absolute atomic E-state index is 0. The lowest BCUT2D eigenvalue weighted by Gasteiger charge is -2.01. The van der Waals surface area contributed by atoms with Crippen LogP contribution in [-0.4, -0.2) is 9.97 Å². The second kappa shape index (κ2) is 6.10. The topological polar surface area (TPSA) is 40.7 Å². The van der Waals surface area contributed by atoms with Crippen LogP contribution in [0.4, 0.5) is 11.6 Å². The number of imidazole rings is 1. The van der Waals surface area contributed by atoms with Gasteiger partial charge in [0.15, 0.2) is 0 Å². The molecule has 7 heteroatoms. The zero-order chi connectivity index (χ0) is 13.4. The summed E-state index contributed by atoms with van der Waals surface area (Å²) >= 11 is 17.7. The molecule has 1 aromatic heterocycles. The lowest BCUT2D eigenvalue weighted by atomic mass is 10.3. The van der Waals surface area contributed by atoms with Crippen LogP contribution in [0, 0.1) is 0 Å². The summed E-state index contributed by atoms with van der Waals surface area (Å²) in [4.78, 5) is 7.52. The molecule has 0 atom stereocenters. The summed E-state index contributed by atoms with van der Waals surface area (Å²) in [6, 6.07) is 10.8. The number of halogens is 4. The Morgan fingerprint density at radius 1 is 0.950 bits per heavy atom. The molecule has 3 aromatic rings. The summed E-state index contributed by atoms with van der Waals surface area (Å²) in [5, 5.41) is 4.82. The molecule has 2 N–H and O–H groups in total. The number of nitrogens with zero attached hydrogens (tertiary/aromatic N) is 1. The van der Waals surface area contributed by atoms with Crippen molar-refractivity contribution < 1.29 is 0 Å². The molecule has 3 rings (SSSR count). The van der Waals surface area contributed by atoms with Gasteiger partial charge in [-0.2, -0.15) is 0 Å². The van der Waals surface area contributed by atoms with Gasteiger partial charge in [0.1, 0.15) is 0 Å². The molecule has 0 aliphatic rings. The minimum atomic E-state index is 0. The van der Waals surface area contributed by atoms with Gasteiger partial charge in [-0.15, -0.1) is 12.4 Å². The SMILES string of the molecule is Cl.Clc1ccc(Nc2nc3cc(Cl)c(Cl)cc3[nH]2)cc1. The Hall–Kier alpha value is -1.13. The van der Waals surface area contributed by atoms with Gasteiger partial charge in [0.05, 0.1) is 21.1 Å². The molecule has 1 heterocycles. The third-order valence-corrected chi connectivity index (χ3v) is 3.61. The first-order chi connectivity index (χ1) is 9.11. The molecule has 104 valence electrons. The highest BCUT2D eigenvalue weighted by Gasteiger charge is 2.06. The van der Waals surface area contributed by atoms with Crippen molar-refractivity contribution in [3.63, 3.8) is 0 Å². The van der Waals surface area contributed by atoms with E-state index >= 15 is 0 Å². The largest absolute Gasteiger partial charge is 0.326 e. The van der Waals surface area contributed by atoms with Gasteiger partial charge in [-0.1, -0.05) is 34.8 Å². The van der Waals surface area contributed by atoms with E-state index in [0.29, 0.717) is 21.0 Å². The summed E-state index contributed by atoms with van der Waals surface area (Å²) in [5.41, 5.74) is 2.47. The smallest absolute Gasteiger partial charge is 0.205 e. The zero-order valence-electron chi connectivity index (χ0n) is 9.95. The van der Waals surface area contributed by atoms with Crippen LogP contribution in [0.15, 0.2) is 36.4 Å². The van der Waals surface area contributed by atoms with E-state index in [2.05, 4.69) is 15.3 Å². The average Bonchev–Trinajstić information content (AvgIpc) is 2.74. The van der Waals surface area contributed by atoms with Crippen LogP contribution in [0.3, 0.4) is 0 Å². The fourth-order valence-electron chi connectivity index (χ4n) is 1.73. The van der Waals surface area contributed by atoms with Crippen molar-refractivity contribution >= 4 is 69.9 Å². The lowest BCUT2D eigenvalue weighted by molar-refractivity contribution is 1.31. The molecule has 20 heavy (non-hydrogen) atoms. The highest BCUT2D eigenvalue weighted by molar-refractivity contribution is 6.42. The normalized spacial score (nSPS) is 10.3. The molecule has 0 spiro atoms. The fourth-order valence-corrected chi connectivity index (χ4v) is 2.18. The monoisotopic (exact) mass is 347 g/mol. The van der Waals surface area contributed by atoms with E-state index in [-0.39, 0.29) is 12.4 Å². The second-order valence-corrected chi connectivity index (χ2v) is 5.25. The summed E-state index contributed by atoms with van der Waals surface area (Å²) in [6.07, 6.45) is 0. The minimum Gasteiger partial charge on any atom is -0.326 e. The summed E-state index contributed by atoms with van der Waals surface area (Å²) in [7, 11) is 0. The molecule has 0 fully saturated rings. The molecule has 0 aliphatic carbocycles. The number of anilines is 2. The fraction of sp³-hybridized carbons (Fsp3) is 0. The van der Waals surface area contributed by atoms with Gasteiger partial charge >= 0.3 is 0 Å². The van der Waals surface area contributed by atoms with Crippen LogP contribution in [0.25, 0.3) is 11.0 Å². The van der Waals surface area contributed by atoms with Crippen molar-refractivity contribution in [1.82, 2.24) is 9.97 Å². The number of aromatic amines is 1. The number of hydrogen-bond donors (Lipinski definition) is 2. The Kier molecular flexibility index (Phi) is 4.66. The standard InChI is InChI=1S/C13H8Cl3N3.ClH/c14-7-1-3-8(4-2-7)17-13-18-11-5-9(15)10(16)6-12(11)19-13;/h1-6H,(H2,17,18,19);1H. The first-order valence-electron chi connectivity index (χ1n) is 5.49. The molecule has 0 saturated heterocycles. The number of nitrogens with one attached hydrogen (secondary N) is 2. The maximum atomic E-state index is 5.96. The number of hydrogen-bond acceptors (Lipinski definition) is 2. The highest BCUT2D eigenvalue weighted by Crippen LogP contribution is 2.28. The van der Waals surface area contributed by atoms with E-state index in [0.717, 1.165) is 16.7 Å². The van der Waals surface area contributed by atoms with Gasteiger partial charge in [-0.3, -0.25) is 0 Å². The lowest BCUT2D eigenvalue weighted by Crippen LogP contribution is -1.91. The Bertz CT molecular complexity index is 698. The molecule has 0 aliphatic heterocycles. The van der Waals surface area contributed by atoms with E-state index in [4.69, 9.17) is 34.8 Å². The number of benzene rings is 2. The Morgan fingerprint density at radius 2 is 1.60 bits per heavy atom. The Balaban J connectivity index is 0.00000147. The highest BCUT2D eigenvalue weighted by atomic mass is 35.5. The predicted octanol–water partition coefficient (Wildman–Crippen LogP) is 5.69. The third-order valence-electron chi connectivity index (χ3n) is 2.63. The van der Waals surface area contributed by atoms with E-state index in [1.807, 2.05) is 12.1 Å². The van der Waals surface area contributed by atoms with Crippen LogP contribution < -0.4 is 5.32 Å². The van der Waals surface area contributed by atoms with E-state index in [9.17, 15) is 0 Å². The number of H-pyrrole nitrogens is 1. The average molecular weight is 349 g/mol. The molecular weight excluding hydrogens is 340 g/mol. The molecule has 0 bridgehead atoms. The summed E-state index contributed by atoms with van der Waals surface area (Å²) in [5.74, 6) is 0.621. The second-order valence-electron chi connectivity index (χ2n) is 4.00. The van der Waals surface area contributed by atoms with Gasteiger partial charge in [0, 0.05) is 10.7 Å². The number of aromatic nitrogens is 2. The Labute approximate surface area is 136 Å². The summed E-state index contributed by atoms with van der Waals surface area (Å²) < 4.78 is 0. The van der Waals surface area contributed by atoms with Gasteiger partial charge in [0.2, 0.25) is 5.95 Å². The van der Waals surface area contributed by atoms with Crippen molar-refractivity contribution in [2.45, 2.75) is 0 Å². The summed E-state index contributed by atoms with van der Waals surface area (Å²) in [6.45, 7) is 0. The molecule has 2 aromatic carbocycles. The zero-order valence-corrected chi connectivity index (χ0v) is 13.0. The molecule has 0 radical (unpaired) electrons.